The summed E-state index contributed by atoms with van der Waals surface area (Å²) in [6.45, 7) is 5.43. The van der Waals surface area contributed by atoms with Crippen molar-refractivity contribution in [3.8, 4) is 0 Å². The van der Waals surface area contributed by atoms with Crippen molar-refractivity contribution in [3.63, 3.8) is 0 Å². The van der Waals surface area contributed by atoms with Crippen LogP contribution in [0.2, 0.25) is 0 Å². The molecule has 1 aromatic heterocycles. The molecule has 1 aliphatic heterocycles. The van der Waals surface area contributed by atoms with Crippen molar-refractivity contribution in [1.82, 2.24) is 5.32 Å². The molecule has 2 heterocycles. The first-order valence-corrected chi connectivity index (χ1v) is 8.59. The maximum Gasteiger partial charge on any atom is 0.105 e. The lowest BCUT2D eigenvalue weighted by molar-refractivity contribution is -0.0273. The van der Waals surface area contributed by atoms with E-state index in [1.54, 1.807) is 10.4 Å². The molecule has 1 saturated heterocycles. The molecule has 4 heteroatoms. The van der Waals surface area contributed by atoms with Crippen LogP contribution >= 0.6 is 11.3 Å². The highest BCUT2D eigenvalue weighted by Gasteiger charge is 2.39. The zero-order chi connectivity index (χ0) is 14.2. The van der Waals surface area contributed by atoms with E-state index in [0.29, 0.717) is 19.2 Å². The predicted octanol–water partition coefficient (Wildman–Crippen LogP) is 2.82. The van der Waals surface area contributed by atoms with Gasteiger partial charge in [0, 0.05) is 35.4 Å². The third kappa shape index (κ3) is 2.80. The van der Waals surface area contributed by atoms with Gasteiger partial charge in [-0.25, -0.2) is 0 Å². The summed E-state index contributed by atoms with van der Waals surface area (Å²) in [6.07, 6.45) is 5.82. The molecule has 3 nitrogen and oxygen atoms in total. The van der Waals surface area contributed by atoms with Crippen molar-refractivity contribution in [2.45, 2.75) is 63.7 Å². The van der Waals surface area contributed by atoms with Crippen LogP contribution in [0.25, 0.3) is 0 Å². The Balaban J connectivity index is 1.61. The number of ether oxygens (including phenoxy) is 1. The van der Waals surface area contributed by atoms with Crippen LogP contribution in [0.3, 0.4) is 0 Å². The molecule has 112 valence electrons. The normalized spacial score (nSPS) is 31.2. The van der Waals surface area contributed by atoms with Gasteiger partial charge in [-0.05, 0) is 51.2 Å². The first kappa shape index (κ1) is 14.5. The molecule has 1 aromatic rings. The Morgan fingerprint density at radius 3 is 3.00 bits per heavy atom. The number of rotatable bonds is 4. The zero-order valence-electron chi connectivity index (χ0n) is 12.4. The second-order valence-corrected chi connectivity index (χ2v) is 7.44. The molecule has 3 atom stereocenters. The van der Waals surface area contributed by atoms with Gasteiger partial charge in [0.2, 0.25) is 0 Å². The van der Waals surface area contributed by atoms with Gasteiger partial charge in [-0.3, -0.25) is 0 Å². The van der Waals surface area contributed by atoms with Gasteiger partial charge in [0.1, 0.15) is 5.60 Å². The minimum atomic E-state index is -0.703. The molecule has 0 bridgehead atoms. The Hall–Kier alpha value is -0.420. The third-order valence-corrected chi connectivity index (χ3v) is 6.24. The molecule has 0 radical (unpaired) electrons. The standard InChI is InChI=1S/C16H25NO2S/c1-11(17-10-16(18)7-8-19-12(16)2)15-9-13-5-3-4-6-14(13)20-15/h9,11-12,17-18H,3-8,10H2,1-2H3. The molecular weight excluding hydrogens is 270 g/mol. The fourth-order valence-corrected chi connectivity index (χ4v) is 4.44. The second-order valence-electron chi connectivity index (χ2n) is 6.27. The molecule has 2 aliphatic rings. The van der Waals surface area contributed by atoms with Crippen molar-refractivity contribution in [3.05, 3.63) is 21.4 Å². The van der Waals surface area contributed by atoms with Crippen molar-refractivity contribution in [2.24, 2.45) is 0 Å². The van der Waals surface area contributed by atoms with E-state index in [2.05, 4.69) is 18.3 Å². The van der Waals surface area contributed by atoms with Crippen LogP contribution in [0.4, 0.5) is 0 Å². The van der Waals surface area contributed by atoms with Gasteiger partial charge in [0.05, 0.1) is 6.10 Å². The average molecular weight is 295 g/mol. The monoisotopic (exact) mass is 295 g/mol. The first-order valence-electron chi connectivity index (χ1n) is 7.77. The summed E-state index contributed by atoms with van der Waals surface area (Å²) >= 11 is 1.95. The summed E-state index contributed by atoms with van der Waals surface area (Å²) in [5, 5.41) is 14.0. The van der Waals surface area contributed by atoms with E-state index in [-0.39, 0.29) is 6.10 Å². The number of hydrogen-bond acceptors (Lipinski definition) is 4. The summed E-state index contributed by atoms with van der Waals surface area (Å²) in [4.78, 5) is 2.99. The highest BCUT2D eigenvalue weighted by atomic mass is 32.1. The number of aliphatic hydroxyl groups is 1. The van der Waals surface area contributed by atoms with Crippen LogP contribution < -0.4 is 5.32 Å². The molecule has 0 saturated carbocycles. The lowest BCUT2D eigenvalue weighted by Gasteiger charge is -2.28. The zero-order valence-corrected chi connectivity index (χ0v) is 13.3. The third-order valence-electron chi connectivity index (χ3n) is 4.82. The Kier molecular flexibility index (Phi) is 4.18. The lowest BCUT2D eigenvalue weighted by atomic mass is 9.96. The SMILES string of the molecule is CC(NCC1(O)CCOC1C)c1cc2c(s1)CCCC2. The Bertz CT molecular complexity index is 450. The minimum Gasteiger partial charge on any atom is -0.386 e. The highest BCUT2D eigenvalue weighted by molar-refractivity contribution is 7.12. The summed E-state index contributed by atoms with van der Waals surface area (Å²) in [5.41, 5.74) is 0.853. The topological polar surface area (TPSA) is 41.5 Å². The molecule has 20 heavy (non-hydrogen) atoms. The number of thiophene rings is 1. The summed E-state index contributed by atoms with van der Waals surface area (Å²) in [5.74, 6) is 0. The van der Waals surface area contributed by atoms with E-state index in [9.17, 15) is 5.11 Å². The van der Waals surface area contributed by atoms with Gasteiger partial charge in [-0.2, -0.15) is 0 Å². The van der Waals surface area contributed by atoms with E-state index < -0.39 is 5.60 Å². The molecule has 1 aliphatic carbocycles. The number of aryl methyl sites for hydroxylation is 2. The van der Waals surface area contributed by atoms with E-state index in [1.807, 2.05) is 18.3 Å². The quantitative estimate of drug-likeness (QED) is 0.897. The van der Waals surface area contributed by atoms with E-state index in [4.69, 9.17) is 4.74 Å². The first-order chi connectivity index (χ1) is 9.58. The van der Waals surface area contributed by atoms with Crippen molar-refractivity contribution >= 4 is 11.3 Å². The predicted molar refractivity (Wildman–Crippen MR) is 82.4 cm³/mol. The van der Waals surface area contributed by atoms with Gasteiger partial charge in [0.25, 0.3) is 0 Å². The van der Waals surface area contributed by atoms with Crippen LogP contribution in [0.15, 0.2) is 6.07 Å². The van der Waals surface area contributed by atoms with Crippen LogP contribution in [-0.4, -0.2) is 30.0 Å². The minimum absolute atomic E-state index is 0.0706. The van der Waals surface area contributed by atoms with Crippen LogP contribution in [0.5, 0.6) is 0 Å². The maximum absolute atomic E-state index is 10.5. The molecule has 0 spiro atoms. The number of fused-ring (bicyclic) bond motifs is 1. The Morgan fingerprint density at radius 2 is 2.30 bits per heavy atom. The van der Waals surface area contributed by atoms with Gasteiger partial charge in [-0.15, -0.1) is 11.3 Å². The van der Waals surface area contributed by atoms with Gasteiger partial charge >= 0.3 is 0 Å². The average Bonchev–Trinajstić information content (AvgIpc) is 3.01. The smallest absolute Gasteiger partial charge is 0.105 e. The molecule has 2 N–H and O–H groups in total. The van der Waals surface area contributed by atoms with Crippen LogP contribution in [0.1, 0.15) is 54.5 Å². The molecule has 1 fully saturated rings. The number of nitrogens with one attached hydrogen (secondary N) is 1. The maximum atomic E-state index is 10.5. The van der Waals surface area contributed by atoms with Gasteiger partial charge in [-0.1, -0.05) is 0 Å². The van der Waals surface area contributed by atoms with E-state index >= 15 is 0 Å². The summed E-state index contributed by atoms with van der Waals surface area (Å²) in [6, 6.07) is 2.68. The fraction of sp³-hybridized carbons (Fsp3) is 0.750. The van der Waals surface area contributed by atoms with Crippen molar-refractivity contribution < 1.29 is 9.84 Å². The van der Waals surface area contributed by atoms with Crippen molar-refractivity contribution in [1.29, 1.82) is 0 Å². The second kappa shape index (κ2) is 5.76. The van der Waals surface area contributed by atoms with E-state index in [1.165, 1.54) is 30.6 Å². The largest absolute Gasteiger partial charge is 0.386 e. The molecule has 3 unspecified atom stereocenters. The lowest BCUT2D eigenvalue weighted by Crippen LogP contribution is -2.46. The molecule has 3 rings (SSSR count). The molecular formula is C16H25NO2S. The number of hydrogen-bond donors (Lipinski definition) is 2. The van der Waals surface area contributed by atoms with Crippen LogP contribution in [-0.2, 0) is 17.6 Å². The Morgan fingerprint density at radius 1 is 1.50 bits per heavy atom. The van der Waals surface area contributed by atoms with Gasteiger partial charge in [0.15, 0.2) is 0 Å². The van der Waals surface area contributed by atoms with Gasteiger partial charge < -0.3 is 15.2 Å². The van der Waals surface area contributed by atoms with E-state index in [0.717, 1.165) is 6.42 Å². The van der Waals surface area contributed by atoms with Crippen molar-refractivity contribution in [2.75, 3.05) is 13.2 Å². The summed E-state index contributed by atoms with van der Waals surface area (Å²) in [7, 11) is 0. The van der Waals surface area contributed by atoms with Crippen LogP contribution in [0, 0.1) is 0 Å². The summed E-state index contributed by atoms with van der Waals surface area (Å²) < 4.78 is 5.49. The Labute approximate surface area is 125 Å². The molecule has 0 aromatic carbocycles. The molecule has 0 amide bonds. The fourth-order valence-electron chi connectivity index (χ4n) is 3.16. The highest BCUT2D eigenvalue weighted by Crippen LogP contribution is 2.33.